The Kier molecular flexibility index (Phi) is 7.02. The summed E-state index contributed by atoms with van der Waals surface area (Å²) in [6.45, 7) is 7.22. The number of piperidine rings is 1. The van der Waals surface area contributed by atoms with Gasteiger partial charge in [0, 0.05) is 44.0 Å². The third-order valence-corrected chi connectivity index (χ3v) is 6.93. The van der Waals surface area contributed by atoms with E-state index in [0.717, 1.165) is 56.8 Å². The minimum absolute atomic E-state index is 0.0518. The van der Waals surface area contributed by atoms with E-state index in [1.54, 1.807) is 6.20 Å². The Bertz CT molecular complexity index is 910. The van der Waals surface area contributed by atoms with Gasteiger partial charge >= 0.3 is 0 Å². The summed E-state index contributed by atoms with van der Waals surface area (Å²) in [7, 11) is 0. The minimum Gasteiger partial charge on any atom is -0.354 e. The van der Waals surface area contributed by atoms with E-state index < -0.39 is 0 Å². The number of amides is 2. The van der Waals surface area contributed by atoms with Crippen LogP contribution in [0.3, 0.4) is 0 Å². The Morgan fingerprint density at radius 3 is 2.50 bits per heavy atom. The van der Waals surface area contributed by atoms with Crippen molar-refractivity contribution in [2.24, 2.45) is 11.8 Å². The third kappa shape index (κ3) is 5.09. The van der Waals surface area contributed by atoms with Crippen LogP contribution in [0.1, 0.15) is 51.0 Å². The molecule has 2 amide bonds. The second-order valence-electron chi connectivity index (χ2n) is 9.03. The molecular formula is C25H33N5O2. The first-order chi connectivity index (χ1) is 15.5. The highest BCUT2D eigenvalue weighted by atomic mass is 16.2. The van der Waals surface area contributed by atoms with Crippen molar-refractivity contribution in [3.63, 3.8) is 0 Å². The summed E-state index contributed by atoms with van der Waals surface area (Å²) in [6, 6.07) is 12.0. The Hall–Kier alpha value is -2.96. The van der Waals surface area contributed by atoms with Gasteiger partial charge in [-0.05, 0) is 61.4 Å². The molecule has 3 heterocycles. The molecule has 7 nitrogen and oxygen atoms in total. The van der Waals surface area contributed by atoms with E-state index in [1.807, 2.05) is 36.1 Å². The summed E-state index contributed by atoms with van der Waals surface area (Å²) in [5, 5.41) is 11.1. The van der Waals surface area contributed by atoms with E-state index in [1.165, 1.54) is 5.56 Å². The average Bonchev–Trinajstić information content (AvgIpc) is 3.35. The lowest BCUT2D eigenvalue weighted by Crippen LogP contribution is -2.40. The summed E-state index contributed by atoms with van der Waals surface area (Å²) in [5.74, 6) is 1.70. The fourth-order valence-corrected chi connectivity index (χ4v) is 4.65. The molecule has 0 spiro atoms. The van der Waals surface area contributed by atoms with Gasteiger partial charge in [0.05, 0.1) is 5.92 Å². The van der Waals surface area contributed by atoms with Crippen LogP contribution in [-0.4, -0.2) is 53.1 Å². The summed E-state index contributed by atoms with van der Waals surface area (Å²) < 4.78 is 0. The maximum Gasteiger partial charge on any atom is 0.229 e. The normalized spacial score (nSPS) is 20.2. The van der Waals surface area contributed by atoms with Crippen molar-refractivity contribution in [1.82, 2.24) is 15.1 Å². The van der Waals surface area contributed by atoms with E-state index in [2.05, 4.69) is 39.5 Å². The maximum absolute atomic E-state index is 12.7. The van der Waals surface area contributed by atoms with Gasteiger partial charge < -0.3 is 15.1 Å². The summed E-state index contributed by atoms with van der Waals surface area (Å²) in [6.07, 6.45) is 5.35. The summed E-state index contributed by atoms with van der Waals surface area (Å²) in [4.78, 5) is 29.3. The molecule has 0 bridgehead atoms. The lowest BCUT2D eigenvalue weighted by atomic mass is 9.89. The van der Waals surface area contributed by atoms with Gasteiger partial charge in [0.2, 0.25) is 11.8 Å². The van der Waals surface area contributed by atoms with Crippen molar-refractivity contribution >= 4 is 23.3 Å². The van der Waals surface area contributed by atoms with Crippen molar-refractivity contribution < 1.29 is 9.59 Å². The van der Waals surface area contributed by atoms with Crippen LogP contribution in [0, 0.1) is 11.8 Å². The number of benzene rings is 1. The molecule has 4 rings (SSSR count). The first kappa shape index (κ1) is 22.2. The molecule has 2 fully saturated rings. The van der Waals surface area contributed by atoms with Crippen molar-refractivity contribution in [2.45, 2.75) is 45.4 Å². The van der Waals surface area contributed by atoms with E-state index >= 15 is 0 Å². The van der Waals surface area contributed by atoms with Crippen LogP contribution < -0.4 is 10.2 Å². The Labute approximate surface area is 190 Å². The van der Waals surface area contributed by atoms with Crippen LogP contribution >= 0.6 is 0 Å². The van der Waals surface area contributed by atoms with Crippen LogP contribution in [0.2, 0.25) is 0 Å². The average molecular weight is 436 g/mol. The molecule has 1 aromatic carbocycles. The van der Waals surface area contributed by atoms with E-state index in [9.17, 15) is 9.59 Å². The largest absolute Gasteiger partial charge is 0.354 e. The fraction of sp³-hybridized carbons (Fsp3) is 0.520. The molecule has 7 heteroatoms. The maximum atomic E-state index is 12.7. The van der Waals surface area contributed by atoms with Crippen LogP contribution in [-0.2, 0) is 9.59 Å². The molecule has 1 aromatic heterocycles. The van der Waals surface area contributed by atoms with Crippen LogP contribution in [0.15, 0.2) is 42.6 Å². The molecule has 2 aliphatic rings. The molecule has 0 radical (unpaired) electrons. The number of aromatic nitrogens is 2. The first-order valence-electron chi connectivity index (χ1n) is 11.8. The SMILES string of the molecule is CCC(C)C(=O)N1CCC(c2ccc(NC(=O)C3CCN(c4cccnn4)C3)cc2)CC1. The topological polar surface area (TPSA) is 78.4 Å². The molecule has 2 saturated heterocycles. The standard InChI is InChI=1S/C25H33N5O2/c1-3-18(2)25(32)29-14-10-20(11-15-29)19-6-8-22(9-7-19)27-24(31)21-12-16-30(17-21)23-5-4-13-26-28-23/h4-9,13,18,20-21H,3,10-12,14-17H2,1-2H3,(H,27,31). The van der Waals surface area contributed by atoms with Crippen LogP contribution in [0.4, 0.5) is 11.5 Å². The molecule has 2 aromatic rings. The Morgan fingerprint density at radius 1 is 1.09 bits per heavy atom. The zero-order chi connectivity index (χ0) is 22.5. The minimum atomic E-state index is -0.0518. The molecule has 2 atom stereocenters. The summed E-state index contributed by atoms with van der Waals surface area (Å²) >= 11 is 0. The number of hydrogen-bond donors (Lipinski definition) is 1. The highest BCUT2D eigenvalue weighted by molar-refractivity contribution is 5.93. The van der Waals surface area contributed by atoms with Gasteiger partial charge in [0.15, 0.2) is 5.82 Å². The highest BCUT2D eigenvalue weighted by Gasteiger charge is 2.29. The Balaban J connectivity index is 1.27. The van der Waals surface area contributed by atoms with Gasteiger partial charge in [-0.1, -0.05) is 26.0 Å². The number of likely N-dealkylation sites (tertiary alicyclic amines) is 1. The van der Waals surface area contributed by atoms with Gasteiger partial charge in [-0.3, -0.25) is 9.59 Å². The van der Waals surface area contributed by atoms with E-state index in [-0.39, 0.29) is 23.7 Å². The Morgan fingerprint density at radius 2 is 1.84 bits per heavy atom. The van der Waals surface area contributed by atoms with E-state index in [4.69, 9.17) is 0 Å². The molecule has 2 aliphatic heterocycles. The van der Waals surface area contributed by atoms with E-state index in [0.29, 0.717) is 12.5 Å². The first-order valence-corrected chi connectivity index (χ1v) is 11.8. The number of rotatable bonds is 6. The van der Waals surface area contributed by atoms with Crippen molar-refractivity contribution in [2.75, 3.05) is 36.4 Å². The number of carbonyl (C=O) groups excluding carboxylic acids is 2. The monoisotopic (exact) mass is 435 g/mol. The van der Waals surface area contributed by atoms with Gasteiger partial charge in [-0.2, -0.15) is 5.10 Å². The fourth-order valence-electron chi connectivity index (χ4n) is 4.65. The molecule has 0 aliphatic carbocycles. The molecular weight excluding hydrogens is 402 g/mol. The number of carbonyl (C=O) groups is 2. The van der Waals surface area contributed by atoms with Crippen LogP contribution in [0.25, 0.3) is 0 Å². The second-order valence-corrected chi connectivity index (χ2v) is 9.03. The molecule has 1 N–H and O–H groups in total. The second kappa shape index (κ2) is 10.1. The molecule has 2 unspecified atom stereocenters. The van der Waals surface area contributed by atoms with Crippen molar-refractivity contribution in [3.05, 3.63) is 48.2 Å². The summed E-state index contributed by atoms with van der Waals surface area (Å²) in [5.41, 5.74) is 2.12. The van der Waals surface area contributed by atoms with Gasteiger partial charge in [-0.25, -0.2) is 0 Å². The molecule has 170 valence electrons. The van der Waals surface area contributed by atoms with Crippen molar-refractivity contribution in [3.8, 4) is 0 Å². The number of nitrogens with zero attached hydrogens (tertiary/aromatic N) is 4. The zero-order valence-electron chi connectivity index (χ0n) is 19.0. The van der Waals surface area contributed by atoms with Crippen LogP contribution in [0.5, 0.6) is 0 Å². The van der Waals surface area contributed by atoms with Gasteiger partial charge in [0.25, 0.3) is 0 Å². The van der Waals surface area contributed by atoms with Gasteiger partial charge in [0.1, 0.15) is 0 Å². The number of nitrogens with one attached hydrogen (secondary N) is 1. The number of anilines is 2. The molecule has 0 saturated carbocycles. The zero-order valence-corrected chi connectivity index (χ0v) is 19.0. The predicted molar refractivity (Wildman–Crippen MR) is 125 cm³/mol. The number of hydrogen-bond acceptors (Lipinski definition) is 5. The lowest BCUT2D eigenvalue weighted by Gasteiger charge is -2.33. The quantitative estimate of drug-likeness (QED) is 0.749. The lowest BCUT2D eigenvalue weighted by molar-refractivity contribution is -0.136. The predicted octanol–water partition coefficient (Wildman–Crippen LogP) is 3.69. The smallest absolute Gasteiger partial charge is 0.229 e. The highest BCUT2D eigenvalue weighted by Crippen LogP contribution is 2.30. The van der Waals surface area contributed by atoms with Crippen molar-refractivity contribution in [1.29, 1.82) is 0 Å². The molecule has 32 heavy (non-hydrogen) atoms. The third-order valence-electron chi connectivity index (χ3n) is 6.93. The van der Waals surface area contributed by atoms with Gasteiger partial charge in [-0.15, -0.1) is 5.10 Å².